The third-order valence-corrected chi connectivity index (χ3v) is 4.58. The first-order valence-corrected chi connectivity index (χ1v) is 9.62. The zero-order chi connectivity index (χ0) is 20.1. The molecule has 0 radical (unpaired) electrons. The minimum Gasteiger partial charge on any atom is -0.494 e. The fourth-order valence-corrected chi connectivity index (χ4v) is 3.10. The van der Waals surface area contributed by atoms with E-state index in [-0.39, 0.29) is 18.3 Å². The van der Waals surface area contributed by atoms with Crippen LogP contribution in [0.4, 0.5) is 11.4 Å². The highest BCUT2D eigenvalue weighted by atomic mass is 35.5. The third kappa shape index (κ3) is 4.95. The molecule has 0 bridgehead atoms. The molecule has 3 rings (SSSR count). The monoisotopic (exact) mass is 414 g/mol. The summed E-state index contributed by atoms with van der Waals surface area (Å²) in [5.41, 5.74) is 3.62. The maximum atomic E-state index is 13.1. The van der Waals surface area contributed by atoms with Crippen molar-refractivity contribution in [3.63, 3.8) is 0 Å². The zero-order valence-corrected chi connectivity index (χ0v) is 18.0. The van der Waals surface area contributed by atoms with Gasteiger partial charge in [-0.1, -0.05) is 0 Å². The summed E-state index contributed by atoms with van der Waals surface area (Å²) in [4.78, 5) is 23.8. The lowest BCUT2D eigenvalue weighted by atomic mass is 10.1. The molecule has 1 N–H and O–H groups in total. The lowest BCUT2D eigenvalue weighted by Gasteiger charge is -2.21. The number of pyridine rings is 2. The van der Waals surface area contributed by atoms with Crippen molar-refractivity contribution in [3.05, 3.63) is 53.9 Å². The molecule has 0 spiro atoms. The van der Waals surface area contributed by atoms with Crippen LogP contribution in [0, 0.1) is 6.92 Å². The summed E-state index contributed by atoms with van der Waals surface area (Å²) in [5.74, 6) is 0.762. The molecular formula is C22H27ClN4O2. The Balaban J connectivity index is 0.00000300. The second kappa shape index (κ2) is 10.1. The zero-order valence-electron chi connectivity index (χ0n) is 17.2. The number of aryl methyl sites for hydroxylation is 1. The number of fused-ring (bicyclic) bond motifs is 1. The van der Waals surface area contributed by atoms with Crippen molar-refractivity contribution in [2.75, 3.05) is 25.0 Å². The van der Waals surface area contributed by atoms with E-state index in [0.717, 1.165) is 28.2 Å². The summed E-state index contributed by atoms with van der Waals surface area (Å²) in [6, 6.07) is 11.6. The molecule has 0 aliphatic heterocycles. The number of hydrogen-bond donors (Lipinski definition) is 1. The van der Waals surface area contributed by atoms with Crippen LogP contribution in [-0.2, 0) is 0 Å². The molecule has 154 valence electrons. The number of benzene rings is 1. The van der Waals surface area contributed by atoms with E-state index in [0.29, 0.717) is 30.9 Å². The van der Waals surface area contributed by atoms with Gasteiger partial charge in [0.05, 0.1) is 17.9 Å². The molecule has 0 saturated heterocycles. The van der Waals surface area contributed by atoms with Crippen LogP contribution < -0.4 is 10.1 Å². The maximum Gasteiger partial charge on any atom is 0.257 e. The second-order valence-corrected chi connectivity index (χ2v) is 6.43. The largest absolute Gasteiger partial charge is 0.494 e. The number of aromatic nitrogens is 2. The number of nitrogens with one attached hydrogen (secondary N) is 1. The molecule has 7 heteroatoms. The van der Waals surface area contributed by atoms with Gasteiger partial charge in [0, 0.05) is 36.1 Å². The van der Waals surface area contributed by atoms with Crippen LogP contribution in [0.2, 0.25) is 0 Å². The molecule has 0 atom stereocenters. The van der Waals surface area contributed by atoms with Gasteiger partial charge in [-0.15, -0.1) is 12.4 Å². The average molecular weight is 415 g/mol. The molecule has 0 unspecified atom stereocenters. The molecule has 1 aromatic carbocycles. The summed E-state index contributed by atoms with van der Waals surface area (Å²) in [5, 5.41) is 4.22. The van der Waals surface area contributed by atoms with Crippen LogP contribution in [0.5, 0.6) is 5.75 Å². The van der Waals surface area contributed by atoms with E-state index in [2.05, 4.69) is 15.3 Å². The minimum absolute atomic E-state index is 0. The first-order chi connectivity index (χ1) is 13.6. The van der Waals surface area contributed by atoms with Gasteiger partial charge in [0.25, 0.3) is 5.91 Å². The first kappa shape index (κ1) is 22.4. The predicted octanol–water partition coefficient (Wildman–Crippen LogP) is 4.98. The van der Waals surface area contributed by atoms with Crippen LogP contribution in [0.25, 0.3) is 11.0 Å². The van der Waals surface area contributed by atoms with Gasteiger partial charge in [-0.05, 0) is 64.1 Å². The van der Waals surface area contributed by atoms with Crippen molar-refractivity contribution in [1.82, 2.24) is 14.9 Å². The number of ether oxygens (including phenoxy) is 1. The molecular weight excluding hydrogens is 388 g/mol. The SMILES string of the molecule is CCOc1ccc(Nc2c(C(=O)N(CC)CC)cnc3nc(C)ccc23)cc1.Cl. The van der Waals surface area contributed by atoms with Gasteiger partial charge >= 0.3 is 0 Å². The number of hydrogen-bond acceptors (Lipinski definition) is 5. The van der Waals surface area contributed by atoms with E-state index in [4.69, 9.17) is 4.74 Å². The van der Waals surface area contributed by atoms with E-state index in [1.165, 1.54) is 0 Å². The van der Waals surface area contributed by atoms with Crippen molar-refractivity contribution in [2.24, 2.45) is 0 Å². The molecule has 3 aromatic rings. The summed E-state index contributed by atoms with van der Waals surface area (Å²) < 4.78 is 5.51. The van der Waals surface area contributed by atoms with Crippen molar-refractivity contribution in [1.29, 1.82) is 0 Å². The normalized spacial score (nSPS) is 10.3. The van der Waals surface area contributed by atoms with Crippen molar-refractivity contribution < 1.29 is 9.53 Å². The van der Waals surface area contributed by atoms with Gasteiger partial charge in [-0.25, -0.2) is 9.97 Å². The number of nitrogens with zero attached hydrogens (tertiary/aromatic N) is 3. The molecule has 0 aliphatic carbocycles. The lowest BCUT2D eigenvalue weighted by molar-refractivity contribution is 0.0773. The second-order valence-electron chi connectivity index (χ2n) is 6.43. The van der Waals surface area contributed by atoms with Gasteiger partial charge < -0.3 is 15.0 Å². The third-order valence-electron chi connectivity index (χ3n) is 4.58. The molecule has 0 aliphatic rings. The number of anilines is 2. The Morgan fingerprint density at radius 1 is 1.07 bits per heavy atom. The van der Waals surface area contributed by atoms with E-state index >= 15 is 0 Å². The Hall–Kier alpha value is -2.86. The van der Waals surface area contributed by atoms with E-state index < -0.39 is 0 Å². The standard InChI is InChI=1S/C22H26N4O2.ClH/c1-5-26(6-2)22(27)19-14-23-21-18(13-8-15(4)24-21)20(19)25-16-9-11-17(12-10-16)28-7-3;/h8-14H,5-7H2,1-4H3,(H,23,24,25);1H. The van der Waals surface area contributed by atoms with E-state index in [9.17, 15) is 4.79 Å². The highest BCUT2D eigenvalue weighted by molar-refractivity contribution is 6.07. The average Bonchev–Trinajstić information content (AvgIpc) is 2.70. The molecule has 2 heterocycles. The maximum absolute atomic E-state index is 13.1. The van der Waals surface area contributed by atoms with Gasteiger partial charge in [-0.3, -0.25) is 4.79 Å². The Labute approximate surface area is 177 Å². The first-order valence-electron chi connectivity index (χ1n) is 9.62. The molecule has 6 nitrogen and oxygen atoms in total. The number of carbonyl (C=O) groups excluding carboxylic acids is 1. The Bertz CT molecular complexity index is 972. The summed E-state index contributed by atoms with van der Waals surface area (Å²) in [7, 11) is 0. The molecule has 2 aromatic heterocycles. The Morgan fingerprint density at radius 3 is 2.38 bits per heavy atom. The fourth-order valence-electron chi connectivity index (χ4n) is 3.10. The summed E-state index contributed by atoms with van der Waals surface area (Å²) in [6.45, 7) is 9.73. The topological polar surface area (TPSA) is 67.3 Å². The number of carbonyl (C=O) groups is 1. The van der Waals surface area contributed by atoms with Crippen LogP contribution in [0.3, 0.4) is 0 Å². The number of rotatable bonds is 7. The smallest absolute Gasteiger partial charge is 0.257 e. The minimum atomic E-state index is -0.0478. The predicted molar refractivity (Wildman–Crippen MR) is 120 cm³/mol. The van der Waals surface area contributed by atoms with Gasteiger partial charge in [0.15, 0.2) is 5.65 Å². The highest BCUT2D eigenvalue weighted by Crippen LogP contribution is 2.30. The van der Waals surface area contributed by atoms with Crippen molar-refractivity contribution in [3.8, 4) is 5.75 Å². The summed E-state index contributed by atoms with van der Waals surface area (Å²) >= 11 is 0. The summed E-state index contributed by atoms with van der Waals surface area (Å²) in [6.07, 6.45) is 1.62. The highest BCUT2D eigenvalue weighted by Gasteiger charge is 2.20. The van der Waals surface area contributed by atoms with Crippen LogP contribution in [0.15, 0.2) is 42.6 Å². The van der Waals surface area contributed by atoms with Gasteiger partial charge in [0.1, 0.15) is 5.75 Å². The number of halogens is 1. The Morgan fingerprint density at radius 2 is 1.76 bits per heavy atom. The lowest BCUT2D eigenvalue weighted by Crippen LogP contribution is -2.31. The molecule has 29 heavy (non-hydrogen) atoms. The quantitative estimate of drug-likeness (QED) is 0.590. The molecule has 0 saturated carbocycles. The van der Waals surface area contributed by atoms with Gasteiger partial charge in [0.2, 0.25) is 0 Å². The van der Waals surface area contributed by atoms with Gasteiger partial charge in [-0.2, -0.15) is 0 Å². The Kier molecular flexibility index (Phi) is 7.79. The molecule has 0 fully saturated rings. The van der Waals surface area contributed by atoms with Crippen LogP contribution >= 0.6 is 12.4 Å². The number of amides is 1. The van der Waals surface area contributed by atoms with E-state index in [1.807, 2.05) is 64.1 Å². The van der Waals surface area contributed by atoms with E-state index in [1.54, 1.807) is 11.1 Å². The van der Waals surface area contributed by atoms with Crippen molar-refractivity contribution in [2.45, 2.75) is 27.7 Å². The van der Waals surface area contributed by atoms with Crippen LogP contribution in [-0.4, -0.2) is 40.5 Å². The van der Waals surface area contributed by atoms with Crippen molar-refractivity contribution >= 4 is 40.7 Å². The molecule has 1 amide bonds. The fraction of sp³-hybridized carbons (Fsp3) is 0.318. The van der Waals surface area contributed by atoms with Crippen LogP contribution in [0.1, 0.15) is 36.8 Å².